The van der Waals surface area contributed by atoms with Crippen molar-refractivity contribution < 1.29 is 9.26 Å². The standard InChI is InChI=1S/C18H16N6O2S/c1-12-5-3-4-6-15(12)17-19-16(26-21-17)11-27-18-20-22-23-24(18)13-7-9-14(25-2)10-8-13/h3-10H,11H2,1-2H3. The average molecular weight is 380 g/mol. The number of aryl methyl sites for hydroxylation is 1. The fraction of sp³-hybridized carbons (Fsp3) is 0.167. The number of methoxy groups -OCH3 is 1. The Bertz CT molecular complexity index is 1040. The molecule has 0 unspecified atom stereocenters. The third-order valence-electron chi connectivity index (χ3n) is 3.94. The third-order valence-corrected chi connectivity index (χ3v) is 4.84. The summed E-state index contributed by atoms with van der Waals surface area (Å²) < 4.78 is 12.2. The second kappa shape index (κ2) is 7.58. The minimum atomic E-state index is 0.468. The summed E-state index contributed by atoms with van der Waals surface area (Å²) in [5.74, 6) is 2.34. The summed E-state index contributed by atoms with van der Waals surface area (Å²) in [6.07, 6.45) is 0. The minimum Gasteiger partial charge on any atom is -0.497 e. The molecule has 4 aromatic rings. The Kier molecular flexibility index (Phi) is 4.84. The van der Waals surface area contributed by atoms with E-state index < -0.39 is 0 Å². The highest BCUT2D eigenvalue weighted by molar-refractivity contribution is 7.98. The number of hydrogen-bond donors (Lipinski definition) is 0. The number of tetrazole rings is 1. The molecule has 0 aliphatic rings. The van der Waals surface area contributed by atoms with Gasteiger partial charge in [-0.3, -0.25) is 0 Å². The molecular weight excluding hydrogens is 364 g/mol. The molecule has 136 valence electrons. The maximum atomic E-state index is 5.37. The largest absolute Gasteiger partial charge is 0.497 e. The Hall–Kier alpha value is -3.20. The summed E-state index contributed by atoms with van der Waals surface area (Å²) in [4.78, 5) is 4.47. The summed E-state index contributed by atoms with van der Waals surface area (Å²) in [5.41, 5.74) is 2.90. The zero-order valence-corrected chi connectivity index (χ0v) is 15.6. The van der Waals surface area contributed by atoms with Gasteiger partial charge in [0.2, 0.25) is 16.9 Å². The Morgan fingerprint density at radius 2 is 1.93 bits per heavy atom. The van der Waals surface area contributed by atoms with Gasteiger partial charge in [0.1, 0.15) is 5.75 Å². The van der Waals surface area contributed by atoms with Crippen LogP contribution in [0.25, 0.3) is 17.1 Å². The molecule has 0 saturated heterocycles. The van der Waals surface area contributed by atoms with Crippen LogP contribution in [0.5, 0.6) is 5.75 Å². The highest BCUT2D eigenvalue weighted by Crippen LogP contribution is 2.25. The van der Waals surface area contributed by atoms with Crippen LogP contribution in [0, 0.1) is 6.92 Å². The van der Waals surface area contributed by atoms with Gasteiger partial charge in [-0.2, -0.15) is 9.67 Å². The maximum absolute atomic E-state index is 5.37. The highest BCUT2D eigenvalue weighted by Gasteiger charge is 2.14. The lowest BCUT2D eigenvalue weighted by Gasteiger charge is -2.04. The van der Waals surface area contributed by atoms with Gasteiger partial charge in [0.15, 0.2) is 0 Å². The Labute approximate surface area is 159 Å². The van der Waals surface area contributed by atoms with Crippen molar-refractivity contribution in [3.8, 4) is 22.8 Å². The normalized spacial score (nSPS) is 10.9. The van der Waals surface area contributed by atoms with Crippen LogP contribution in [0.4, 0.5) is 0 Å². The van der Waals surface area contributed by atoms with Gasteiger partial charge in [-0.25, -0.2) is 0 Å². The smallest absolute Gasteiger partial charge is 0.237 e. The van der Waals surface area contributed by atoms with Crippen molar-refractivity contribution in [1.29, 1.82) is 0 Å². The van der Waals surface area contributed by atoms with Crippen LogP contribution in [0.2, 0.25) is 0 Å². The first-order valence-corrected chi connectivity index (χ1v) is 9.17. The SMILES string of the molecule is COc1ccc(-n2nnnc2SCc2nc(-c3ccccc3C)no2)cc1. The van der Waals surface area contributed by atoms with Crippen molar-refractivity contribution in [2.75, 3.05) is 7.11 Å². The fourth-order valence-electron chi connectivity index (χ4n) is 2.53. The highest BCUT2D eigenvalue weighted by atomic mass is 32.2. The first-order valence-electron chi connectivity index (χ1n) is 8.19. The molecule has 27 heavy (non-hydrogen) atoms. The van der Waals surface area contributed by atoms with E-state index in [4.69, 9.17) is 9.26 Å². The lowest BCUT2D eigenvalue weighted by Crippen LogP contribution is -1.99. The molecule has 4 rings (SSSR count). The van der Waals surface area contributed by atoms with Gasteiger partial charge in [-0.15, -0.1) is 5.10 Å². The lowest BCUT2D eigenvalue weighted by molar-refractivity contribution is 0.391. The van der Waals surface area contributed by atoms with Crippen LogP contribution < -0.4 is 4.74 Å². The van der Waals surface area contributed by atoms with E-state index in [1.165, 1.54) is 11.8 Å². The van der Waals surface area contributed by atoms with Crippen molar-refractivity contribution in [2.24, 2.45) is 0 Å². The van der Waals surface area contributed by atoms with Crippen molar-refractivity contribution in [2.45, 2.75) is 17.8 Å². The van der Waals surface area contributed by atoms with Crippen LogP contribution in [-0.4, -0.2) is 37.5 Å². The predicted molar refractivity (Wildman–Crippen MR) is 99.7 cm³/mol. The van der Waals surface area contributed by atoms with Crippen molar-refractivity contribution in [3.63, 3.8) is 0 Å². The maximum Gasteiger partial charge on any atom is 0.237 e. The molecule has 0 saturated carbocycles. The van der Waals surface area contributed by atoms with E-state index >= 15 is 0 Å². The zero-order valence-electron chi connectivity index (χ0n) is 14.7. The summed E-state index contributed by atoms with van der Waals surface area (Å²) >= 11 is 1.42. The van der Waals surface area contributed by atoms with E-state index in [9.17, 15) is 0 Å². The molecular formula is C18H16N6O2S. The van der Waals surface area contributed by atoms with Gasteiger partial charge in [-0.05, 0) is 47.2 Å². The zero-order chi connectivity index (χ0) is 18.6. The van der Waals surface area contributed by atoms with Gasteiger partial charge in [-0.1, -0.05) is 41.2 Å². The number of aromatic nitrogens is 6. The Morgan fingerprint density at radius 3 is 2.70 bits per heavy atom. The van der Waals surface area contributed by atoms with Crippen LogP contribution in [0.15, 0.2) is 58.2 Å². The summed E-state index contributed by atoms with van der Waals surface area (Å²) in [7, 11) is 1.63. The molecule has 2 heterocycles. The third kappa shape index (κ3) is 3.68. The Balaban J connectivity index is 1.49. The van der Waals surface area contributed by atoms with Crippen LogP contribution in [0.1, 0.15) is 11.5 Å². The van der Waals surface area contributed by atoms with E-state index in [-0.39, 0.29) is 0 Å². The number of thioether (sulfide) groups is 1. The summed E-state index contributed by atoms with van der Waals surface area (Å²) in [6.45, 7) is 2.02. The molecule has 2 aromatic heterocycles. The average Bonchev–Trinajstić information content (AvgIpc) is 3.36. The second-order valence-corrected chi connectivity index (χ2v) is 6.63. The van der Waals surface area contributed by atoms with Gasteiger partial charge >= 0.3 is 0 Å². The molecule has 0 amide bonds. The molecule has 0 radical (unpaired) electrons. The predicted octanol–water partition coefficient (Wildman–Crippen LogP) is 3.32. The molecule has 2 aromatic carbocycles. The monoisotopic (exact) mass is 380 g/mol. The molecule has 0 N–H and O–H groups in total. The lowest BCUT2D eigenvalue weighted by atomic mass is 10.1. The number of rotatable bonds is 6. The van der Waals surface area contributed by atoms with Crippen molar-refractivity contribution >= 4 is 11.8 Å². The molecule has 0 aliphatic heterocycles. The molecule has 0 atom stereocenters. The van der Waals surface area contributed by atoms with Gasteiger partial charge in [0, 0.05) is 5.56 Å². The summed E-state index contributed by atoms with van der Waals surface area (Å²) in [6, 6.07) is 15.4. The van der Waals surface area contributed by atoms with Crippen molar-refractivity contribution in [3.05, 3.63) is 60.0 Å². The quantitative estimate of drug-likeness (QED) is 0.470. The van der Waals surface area contributed by atoms with E-state index in [1.54, 1.807) is 11.8 Å². The van der Waals surface area contributed by atoms with E-state index in [2.05, 4.69) is 25.7 Å². The van der Waals surface area contributed by atoms with Gasteiger partial charge in [0.05, 0.1) is 18.6 Å². The number of nitrogens with zero attached hydrogens (tertiary/aromatic N) is 6. The molecule has 0 aliphatic carbocycles. The van der Waals surface area contributed by atoms with E-state index in [0.29, 0.717) is 22.6 Å². The molecule has 0 bridgehead atoms. The van der Waals surface area contributed by atoms with Crippen LogP contribution in [0.3, 0.4) is 0 Å². The number of benzene rings is 2. The van der Waals surface area contributed by atoms with Gasteiger partial charge < -0.3 is 9.26 Å². The topological polar surface area (TPSA) is 91.8 Å². The van der Waals surface area contributed by atoms with Gasteiger partial charge in [0.25, 0.3) is 0 Å². The van der Waals surface area contributed by atoms with Crippen LogP contribution >= 0.6 is 11.8 Å². The number of ether oxygens (including phenoxy) is 1. The minimum absolute atomic E-state index is 0.468. The molecule has 9 heteroatoms. The van der Waals surface area contributed by atoms with E-state index in [1.807, 2.05) is 55.5 Å². The van der Waals surface area contributed by atoms with E-state index in [0.717, 1.165) is 22.6 Å². The second-order valence-electron chi connectivity index (χ2n) is 5.69. The first-order chi connectivity index (χ1) is 13.2. The Morgan fingerprint density at radius 1 is 1.11 bits per heavy atom. The van der Waals surface area contributed by atoms with Crippen LogP contribution in [-0.2, 0) is 5.75 Å². The molecule has 0 spiro atoms. The van der Waals surface area contributed by atoms with Crippen molar-refractivity contribution in [1.82, 2.24) is 30.3 Å². The summed E-state index contributed by atoms with van der Waals surface area (Å²) in [5, 5.41) is 16.6. The molecule has 0 fully saturated rings. The first kappa shape index (κ1) is 17.2. The molecule has 8 nitrogen and oxygen atoms in total. The fourth-order valence-corrected chi connectivity index (χ4v) is 3.26. The number of hydrogen-bond acceptors (Lipinski definition) is 8.